The van der Waals surface area contributed by atoms with Crippen molar-refractivity contribution in [2.24, 2.45) is 0 Å². The maximum Gasteiger partial charge on any atom is 1.00 e. The van der Waals surface area contributed by atoms with E-state index in [1.807, 2.05) is 0 Å². The van der Waals surface area contributed by atoms with Gasteiger partial charge in [0, 0.05) is 5.75 Å². The first-order valence-electron chi connectivity index (χ1n) is 1.99. The van der Waals surface area contributed by atoms with Gasteiger partial charge in [0.15, 0.2) is 0 Å². The zero-order valence-electron chi connectivity index (χ0n) is 8.18. The van der Waals surface area contributed by atoms with Gasteiger partial charge in [-0.25, -0.2) is 0 Å². The molecule has 9 heavy (non-hydrogen) atoms. The van der Waals surface area contributed by atoms with Gasteiger partial charge in [-0.2, -0.15) is 12.6 Å². The first-order chi connectivity index (χ1) is 3.31. The maximum absolute atomic E-state index is 10.1. The molecule has 0 unspecified atom stereocenters. The van der Waals surface area contributed by atoms with Crippen molar-refractivity contribution in [2.45, 2.75) is 6.42 Å². The second-order valence-corrected chi connectivity index (χ2v) is 1.50. The molecule has 2 nitrogen and oxygen atoms in total. The fourth-order valence-corrected chi connectivity index (χ4v) is 0.376. The Labute approximate surface area is 108 Å². The van der Waals surface area contributed by atoms with Gasteiger partial charge in [0.1, 0.15) is 0 Å². The Balaban J connectivity index is -0.0000000300. The van der Waals surface area contributed by atoms with Crippen LogP contribution in [-0.4, -0.2) is 18.8 Å². The van der Waals surface area contributed by atoms with Crippen LogP contribution in [0.3, 0.4) is 0 Å². The zero-order chi connectivity index (χ0) is 5.70. The van der Waals surface area contributed by atoms with E-state index in [0.717, 1.165) is 0 Å². The third kappa shape index (κ3) is 12.9. The second kappa shape index (κ2) is 12.5. The summed E-state index contributed by atoms with van der Waals surface area (Å²) in [5.74, 6) is 0.363. The van der Waals surface area contributed by atoms with Crippen molar-refractivity contribution >= 4 is 18.6 Å². The SMILES string of the molecule is COC(=O)CCS.[H-].[H-].[Na+].[Na+]. The summed E-state index contributed by atoms with van der Waals surface area (Å²) >= 11 is 3.81. The van der Waals surface area contributed by atoms with Gasteiger partial charge >= 0.3 is 65.1 Å². The van der Waals surface area contributed by atoms with E-state index in [1.54, 1.807) is 0 Å². The van der Waals surface area contributed by atoms with E-state index >= 15 is 0 Å². The topological polar surface area (TPSA) is 26.3 Å². The van der Waals surface area contributed by atoms with Gasteiger partial charge in [-0.1, -0.05) is 0 Å². The van der Waals surface area contributed by atoms with E-state index in [0.29, 0.717) is 12.2 Å². The molecule has 0 fully saturated rings. The van der Waals surface area contributed by atoms with Crippen LogP contribution in [0.1, 0.15) is 9.27 Å². The molecule has 0 atom stereocenters. The van der Waals surface area contributed by atoms with Crippen LogP contribution in [0.2, 0.25) is 0 Å². The summed E-state index contributed by atoms with van der Waals surface area (Å²) in [6.07, 6.45) is 0.402. The summed E-state index contributed by atoms with van der Waals surface area (Å²) in [5.41, 5.74) is 0. The number of esters is 1. The number of hydrogen-bond acceptors (Lipinski definition) is 3. The van der Waals surface area contributed by atoms with E-state index in [4.69, 9.17) is 0 Å². The third-order valence-electron chi connectivity index (χ3n) is 0.544. The predicted octanol–water partition coefficient (Wildman–Crippen LogP) is -5.29. The van der Waals surface area contributed by atoms with Gasteiger partial charge in [-0.15, -0.1) is 0 Å². The van der Waals surface area contributed by atoms with Gasteiger partial charge in [0.05, 0.1) is 13.5 Å². The van der Waals surface area contributed by atoms with Gasteiger partial charge in [-0.3, -0.25) is 4.79 Å². The van der Waals surface area contributed by atoms with Crippen LogP contribution in [0, 0.1) is 0 Å². The van der Waals surface area contributed by atoms with Crippen LogP contribution in [-0.2, 0) is 9.53 Å². The van der Waals surface area contributed by atoms with E-state index in [1.165, 1.54) is 7.11 Å². The number of thiol groups is 1. The van der Waals surface area contributed by atoms with E-state index < -0.39 is 0 Å². The Kier molecular flexibility index (Phi) is 23.7. The molecule has 0 saturated heterocycles. The minimum Gasteiger partial charge on any atom is -1.00 e. The molecule has 0 aromatic heterocycles. The number of carbonyl (C=O) groups is 1. The average Bonchev–Trinajstić information content (AvgIpc) is 1.68. The molecule has 5 heteroatoms. The second-order valence-electron chi connectivity index (χ2n) is 1.05. The number of hydrogen-bond donors (Lipinski definition) is 1. The molecule has 0 amide bonds. The molecule has 0 heterocycles. The molecule has 0 aromatic rings. The van der Waals surface area contributed by atoms with Crippen molar-refractivity contribution in [3.05, 3.63) is 0 Å². The molecule has 0 radical (unpaired) electrons. The van der Waals surface area contributed by atoms with Crippen molar-refractivity contribution in [2.75, 3.05) is 12.9 Å². The van der Waals surface area contributed by atoms with Crippen LogP contribution in [0.25, 0.3) is 0 Å². The standard InChI is InChI=1S/C4H8O2S.2Na.2H/c1-6-4(5)2-3-7;;;;/h7H,2-3H2,1H3;;;;/q;2*+1;2*-1. The van der Waals surface area contributed by atoms with Crippen LogP contribution >= 0.6 is 12.6 Å². The fraction of sp³-hybridized carbons (Fsp3) is 0.750. The largest absolute Gasteiger partial charge is 1.00 e. The molecule has 0 aromatic carbocycles. The Bertz CT molecular complexity index is 77.1. The molecule has 0 aliphatic heterocycles. The Hall–Kier alpha value is 1.82. The van der Waals surface area contributed by atoms with Gasteiger partial charge in [-0.05, 0) is 0 Å². The Morgan fingerprint density at radius 3 is 2.22 bits per heavy atom. The molecular weight excluding hydrogens is 158 g/mol. The van der Waals surface area contributed by atoms with Crippen molar-refractivity contribution in [1.82, 2.24) is 0 Å². The molecule has 0 spiro atoms. The minimum absolute atomic E-state index is 0. The molecule has 0 saturated carbocycles. The number of carbonyl (C=O) groups excluding carboxylic acids is 1. The van der Waals surface area contributed by atoms with Gasteiger partial charge in [0.2, 0.25) is 0 Å². The molecule has 0 aliphatic carbocycles. The predicted molar refractivity (Wildman–Crippen MR) is 32.7 cm³/mol. The maximum atomic E-state index is 10.1. The summed E-state index contributed by atoms with van der Waals surface area (Å²) in [4.78, 5) is 10.1. The average molecular weight is 168 g/mol. The smallest absolute Gasteiger partial charge is 1.00 e. The first kappa shape index (κ1) is 17.1. The Morgan fingerprint density at radius 2 is 2.11 bits per heavy atom. The molecular formula is C4H10Na2O2S. The van der Waals surface area contributed by atoms with Crippen molar-refractivity contribution in [3.8, 4) is 0 Å². The van der Waals surface area contributed by atoms with Gasteiger partial charge < -0.3 is 7.59 Å². The molecule has 0 rings (SSSR count). The van der Waals surface area contributed by atoms with Crippen molar-refractivity contribution < 1.29 is 71.5 Å². The van der Waals surface area contributed by atoms with Crippen LogP contribution in [0.5, 0.6) is 0 Å². The summed E-state index contributed by atoms with van der Waals surface area (Å²) < 4.78 is 4.30. The van der Waals surface area contributed by atoms with Crippen molar-refractivity contribution in [1.29, 1.82) is 0 Å². The van der Waals surface area contributed by atoms with Crippen LogP contribution in [0.4, 0.5) is 0 Å². The quantitative estimate of drug-likeness (QED) is 0.253. The van der Waals surface area contributed by atoms with E-state index in [-0.39, 0.29) is 67.9 Å². The summed E-state index contributed by atoms with van der Waals surface area (Å²) in [6, 6.07) is 0. The van der Waals surface area contributed by atoms with Crippen LogP contribution < -0.4 is 59.1 Å². The summed E-state index contributed by atoms with van der Waals surface area (Å²) in [7, 11) is 1.37. The van der Waals surface area contributed by atoms with Crippen molar-refractivity contribution in [3.63, 3.8) is 0 Å². The molecule has 0 aliphatic rings. The molecule has 46 valence electrons. The molecule has 0 N–H and O–H groups in total. The fourth-order valence-electron chi connectivity index (χ4n) is 0.193. The summed E-state index contributed by atoms with van der Waals surface area (Å²) in [5, 5.41) is 0. The monoisotopic (exact) mass is 168 g/mol. The third-order valence-corrected chi connectivity index (χ3v) is 0.767. The zero-order valence-corrected chi connectivity index (χ0v) is 11.1. The number of ether oxygens (including phenoxy) is 1. The molecule has 0 bridgehead atoms. The van der Waals surface area contributed by atoms with Crippen LogP contribution in [0.15, 0.2) is 0 Å². The Morgan fingerprint density at radius 1 is 1.67 bits per heavy atom. The number of rotatable bonds is 2. The van der Waals surface area contributed by atoms with Gasteiger partial charge in [0.25, 0.3) is 0 Å². The first-order valence-corrected chi connectivity index (χ1v) is 2.62. The number of methoxy groups -OCH3 is 1. The normalized spacial score (nSPS) is 6.44. The van der Waals surface area contributed by atoms with E-state index in [2.05, 4.69) is 17.4 Å². The minimum atomic E-state index is -0.199. The summed E-state index contributed by atoms with van der Waals surface area (Å²) in [6.45, 7) is 0. The van der Waals surface area contributed by atoms with E-state index in [9.17, 15) is 4.79 Å².